The maximum absolute atomic E-state index is 13.0. The summed E-state index contributed by atoms with van der Waals surface area (Å²) >= 11 is 0. The maximum atomic E-state index is 13.0. The fourth-order valence-corrected chi connectivity index (χ4v) is 2.51. The molecule has 3 nitrogen and oxygen atoms in total. The molecule has 0 fully saturated rings. The van der Waals surface area contributed by atoms with Crippen molar-refractivity contribution >= 4 is 0 Å². The van der Waals surface area contributed by atoms with Crippen molar-refractivity contribution in [3.8, 4) is 11.4 Å². The molecule has 0 amide bonds. The van der Waals surface area contributed by atoms with Gasteiger partial charge in [0.1, 0.15) is 5.82 Å². The van der Waals surface area contributed by atoms with Crippen LogP contribution in [0.4, 0.5) is 13.2 Å². The molecule has 0 spiro atoms. The molecule has 6 heteroatoms. The lowest BCUT2D eigenvalue weighted by Gasteiger charge is -2.12. The van der Waals surface area contributed by atoms with E-state index in [-0.39, 0.29) is 16.9 Å². The van der Waals surface area contributed by atoms with Crippen LogP contribution in [-0.2, 0) is 19.0 Å². The summed E-state index contributed by atoms with van der Waals surface area (Å²) in [6, 6.07) is 5.13. The molecule has 0 saturated carbocycles. The summed E-state index contributed by atoms with van der Waals surface area (Å²) in [6.45, 7) is 0. The number of aromatic nitrogens is 2. The van der Waals surface area contributed by atoms with Crippen LogP contribution in [0.25, 0.3) is 11.4 Å². The highest BCUT2D eigenvalue weighted by atomic mass is 19.4. The lowest BCUT2D eigenvalue weighted by Crippen LogP contribution is -2.16. The molecule has 20 heavy (non-hydrogen) atoms. The molecule has 104 valence electrons. The van der Waals surface area contributed by atoms with Gasteiger partial charge in [0.25, 0.3) is 5.56 Å². The largest absolute Gasteiger partial charge is 0.417 e. The molecule has 0 unspecified atom stereocenters. The zero-order valence-corrected chi connectivity index (χ0v) is 10.4. The van der Waals surface area contributed by atoms with Crippen molar-refractivity contribution in [1.29, 1.82) is 0 Å². The summed E-state index contributed by atoms with van der Waals surface area (Å²) in [5, 5.41) is 0. The number of hydrogen-bond donors (Lipinski definition) is 1. The topological polar surface area (TPSA) is 45.8 Å². The number of benzene rings is 1. The Morgan fingerprint density at radius 3 is 2.65 bits per heavy atom. The van der Waals surface area contributed by atoms with Crippen LogP contribution in [0.2, 0.25) is 0 Å². The molecule has 1 N–H and O–H groups in total. The minimum Gasteiger partial charge on any atom is -0.306 e. The van der Waals surface area contributed by atoms with Crippen LogP contribution in [0.3, 0.4) is 0 Å². The molecule has 0 bridgehead atoms. The van der Waals surface area contributed by atoms with E-state index in [1.807, 2.05) is 0 Å². The quantitative estimate of drug-likeness (QED) is 0.873. The second-order valence-electron chi connectivity index (χ2n) is 4.74. The summed E-state index contributed by atoms with van der Waals surface area (Å²) in [5.74, 6) is -0.0106. The van der Waals surface area contributed by atoms with Crippen molar-refractivity contribution in [2.75, 3.05) is 0 Å². The summed E-state index contributed by atoms with van der Waals surface area (Å²) in [5.41, 5.74) is -0.00802. The maximum Gasteiger partial charge on any atom is 0.417 e. The Kier molecular flexibility index (Phi) is 2.88. The van der Waals surface area contributed by atoms with Gasteiger partial charge in [0, 0.05) is 11.1 Å². The average Bonchev–Trinajstić information content (AvgIpc) is 2.86. The normalized spacial score (nSPS) is 14.3. The molecule has 1 aliphatic rings. The van der Waals surface area contributed by atoms with E-state index in [0.29, 0.717) is 24.1 Å². The van der Waals surface area contributed by atoms with Gasteiger partial charge in [-0.25, -0.2) is 4.98 Å². The molecule has 0 saturated heterocycles. The number of H-pyrrole nitrogens is 1. The predicted octanol–water partition coefficient (Wildman–Crippen LogP) is 2.94. The lowest BCUT2D eigenvalue weighted by atomic mass is 10.1. The summed E-state index contributed by atoms with van der Waals surface area (Å²) in [6.07, 6.45) is -2.39. The second-order valence-corrected chi connectivity index (χ2v) is 4.74. The number of alkyl halides is 3. The van der Waals surface area contributed by atoms with Gasteiger partial charge in [0.2, 0.25) is 0 Å². The van der Waals surface area contributed by atoms with Gasteiger partial charge >= 0.3 is 6.18 Å². The molecule has 2 aromatic rings. The van der Waals surface area contributed by atoms with Gasteiger partial charge in [0.15, 0.2) is 0 Å². The van der Waals surface area contributed by atoms with Crippen molar-refractivity contribution in [2.24, 2.45) is 0 Å². The van der Waals surface area contributed by atoms with Crippen molar-refractivity contribution in [3.05, 3.63) is 51.4 Å². The van der Waals surface area contributed by atoms with Crippen molar-refractivity contribution in [1.82, 2.24) is 9.97 Å². The smallest absolute Gasteiger partial charge is 0.306 e. The van der Waals surface area contributed by atoms with Crippen molar-refractivity contribution in [3.63, 3.8) is 0 Å². The van der Waals surface area contributed by atoms with E-state index in [4.69, 9.17) is 0 Å². The molecule has 1 heterocycles. The Morgan fingerprint density at radius 2 is 1.90 bits per heavy atom. The fraction of sp³-hybridized carbons (Fsp3) is 0.286. The Bertz CT molecular complexity index is 719. The summed E-state index contributed by atoms with van der Waals surface area (Å²) in [4.78, 5) is 18.6. The van der Waals surface area contributed by atoms with E-state index < -0.39 is 11.7 Å². The first-order valence-electron chi connectivity index (χ1n) is 6.25. The van der Waals surface area contributed by atoms with E-state index in [2.05, 4.69) is 9.97 Å². The molecule has 1 aromatic carbocycles. The van der Waals surface area contributed by atoms with Gasteiger partial charge in [-0.05, 0) is 25.3 Å². The Labute approximate surface area is 112 Å². The minimum atomic E-state index is -4.48. The number of aromatic amines is 1. The number of halogens is 3. The highest BCUT2D eigenvalue weighted by molar-refractivity contribution is 5.61. The van der Waals surface area contributed by atoms with Crippen LogP contribution in [0, 0.1) is 0 Å². The van der Waals surface area contributed by atoms with Gasteiger partial charge in [-0.1, -0.05) is 18.2 Å². The van der Waals surface area contributed by atoms with Gasteiger partial charge < -0.3 is 4.98 Å². The molecule has 3 rings (SSSR count). The predicted molar refractivity (Wildman–Crippen MR) is 67.3 cm³/mol. The molecule has 0 atom stereocenters. The second kappa shape index (κ2) is 4.47. The van der Waals surface area contributed by atoms with E-state index in [9.17, 15) is 18.0 Å². The number of nitrogens with zero attached hydrogens (tertiary/aromatic N) is 1. The Morgan fingerprint density at radius 1 is 1.15 bits per heavy atom. The minimum absolute atomic E-state index is 0.0106. The lowest BCUT2D eigenvalue weighted by molar-refractivity contribution is -0.137. The number of rotatable bonds is 1. The van der Waals surface area contributed by atoms with Gasteiger partial charge in [-0.3, -0.25) is 4.79 Å². The van der Waals surface area contributed by atoms with E-state index in [0.717, 1.165) is 12.5 Å². The number of hydrogen-bond acceptors (Lipinski definition) is 2. The fourth-order valence-electron chi connectivity index (χ4n) is 2.51. The van der Waals surface area contributed by atoms with Crippen LogP contribution in [0.1, 0.15) is 23.2 Å². The zero-order chi connectivity index (χ0) is 14.3. The third kappa shape index (κ3) is 2.11. The molecule has 1 aliphatic carbocycles. The van der Waals surface area contributed by atoms with Crippen molar-refractivity contribution in [2.45, 2.75) is 25.4 Å². The summed E-state index contributed by atoms with van der Waals surface area (Å²) in [7, 11) is 0. The SMILES string of the molecule is O=c1[nH]c(-c2ccccc2C(F)(F)F)nc2c1CCC2. The third-order valence-corrected chi connectivity index (χ3v) is 3.43. The average molecular weight is 280 g/mol. The van der Waals surface area contributed by atoms with Crippen molar-refractivity contribution < 1.29 is 13.2 Å². The van der Waals surface area contributed by atoms with E-state index in [1.54, 1.807) is 0 Å². The molecule has 1 aromatic heterocycles. The van der Waals surface area contributed by atoms with Crippen LogP contribution in [0.15, 0.2) is 29.1 Å². The Hall–Kier alpha value is -2.11. The Balaban J connectivity index is 2.20. The standard InChI is InChI=1S/C14H11F3N2O/c15-14(16,17)10-6-2-1-4-8(10)12-18-11-7-3-5-9(11)13(20)19-12/h1-2,4,6H,3,5,7H2,(H,18,19,20). The molecule has 0 radical (unpaired) electrons. The highest BCUT2D eigenvalue weighted by Gasteiger charge is 2.34. The van der Waals surface area contributed by atoms with Gasteiger partial charge in [-0.2, -0.15) is 13.2 Å². The molecule has 0 aliphatic heterocycles. The monoisotopic (exact) mass is 280 g/mol. The first kappa shape index (κ1) is 12.9. The third-order valence-electron chi connectivity index (χ3n) is 3.43. The zero-order valence-electron chi connectivity index (χ0n) is 10.4. The van der Waals surface area contributed by atoms with Gasteiger partial charge in [-0.15, -0.1) is 0 Å². The van der Waals surface area contributed by atoms with Gasteiger partial charge in [0.05, 0.1) is 11.3 Å². The molecular weight excluding hydrogens is 269 g/mol. The highest BCUT2D eigenvalue weighted by Crippen LogP contribution is 2.35. The van der Waals surface area contributed by atoms with Crippen LogP contribution < -0.4 is 5.56 Å². The number of nitrogens with one attached hydrogen (secondary N) is 1. The number of fused-ring (bicyclic) bond motifs is 1. The number of aryl methyl sites for hydroxylation is 1. The van der Waals surface area contributed by atoms with E-state index >= 15 is 0 Å². The summed E-state index contributed by atoms with van der Waals surface area (Å²) < 4.78 is 39.0. The van der Waals surface area contributed by atoms with Crippen LogP contribution in [-0.4, -0.2) is 9.97 Å². The van der Waals surface area contributed by atoms with Crippen LogP contribution in [0.5, 0.6) is 0 Å². The van der Waals surface area contributed by atoms with Crippen LogP contribution >= 0.6 is 0 Å². The first-order chi connectivity index (χ1) is 9.47. The molecular formula is C14H11F3N2O. The van der Waals surface area contributed by atoms with E-state index in [1.165, 1.54) is 18.2 Å². The first-order valence-corrected chi connectivity index (χ1v) is 6.25.